The topological polar surface area (TPSA) is 30.9 Å². The second kappa shape index (κ2) is 3.62. The van der Waals surface area contributed by atoms with Crippen LogP contribution < -0.4 is 5.73 Å². The number of para-hydroxylation sites is 1. The number of nitrogens with two attached hydrogens (primary N) is 1. The van der Waals surface area contributed by atoms with Gasteiger partial charge in [-0.2, -0.15) is 0 Å². The van der Waals surface area contributed by atoms with Crippen LogP contribution in [-0.2, 0) is 7.05 Å². The summed E-state index contributed by atoms with van der Waals surface area (Å²) >= 11 is 0. The molecule has 0 amide bonds. The largest absolute Gasteiger partial charge is 0.350 e. The van der Waals surface area contributed by atoms with E-state index in [1.54, 1.807) is 12.1 Å². The first kappa shape index (κ1) is 10.1. The first-order valence-corrected chi connectivity index (χ1v) is 4.69. The zero-order valence-electron chi connectivity index (χ0n) is 8.32. The zero-order chi connectivity index (χ0) is 11.0. The number of aromatic nitrogens is 1. The molecule has 0 aliphatic carbocycles. The normalized spacial score (nSPS) is 13.7. The van der Waals surface area contributed by atoms with Gasteiger partial charge in [-0.3, -0.25) is 0 Å². The lowest BCUT2D eigenvalue weighted by molar-refractivity contribution is 0.117. The standard InChI is InChI=1S/C11H12F2N2/c1-15-6-5-7-3-2-4-8(10(7)15)9(14)11(12)13/h2-6,9,11H,14H2,1H3. The molecule has 0 radical (unpaired) electrons. The number of hydrogen-bond acceptors (Lipinski definition) is 1. The van der Waals surface area contributed by atoms with Crippen molar-refractivity contribution >= 4 is 10.9 Å². The fourth-order valence-corrected chi connectivity index (χ4v) is 1.79. The zero-order valence-corrected chi connectivity index (χ0v) is 8.32. The number of nitrogens with zero attached hydrogens (tertiary/aromatic N) is 1. The van der Waals surface area contributed by atoms with Gasteiger partial charge in [0.05, 0.1) is 11.6 Å². The fraction of sp³-hybridized carbons (Fsp3) is 0.273. The maximum atomic E-state index is 12.5. The van der Waals surface area contributed by atoms with Gasteiger partial charge in [0.15, 0.2) is 0 Å². The van der Waals surface area contributed by atoms with Gasteiger partial charge in [0.1, 0.15) is 0 Å². The lowest BCUT2D eigenvalue weighted by atomic mass is 10.1. The fourth-order valence-electron chi connectivity index (χ4n) is 1.79. The Morgan fingerprint density at radius 3 is 2.67 bits per heavy atom. The van der Waals surface area contributed by atoms with Gasteiger partial charge in [-0.05, 0) is 17.0 Å². The molecule has 0 aliphatic rings. The molecule has 1 atom stereocenters. The van der Waals surface area contributed by atoms with E-state index in [0.717, 1.165) is 10.9 Å². The molecule has 15 heavy (non-hydrogen) atoms. The van der Waals surface area contributed by atoms with E-state index in [2.05, 4.69) is 0 Å². The quantitative estimate of drug-likeness (QED) is 0.810. The van der Waals surface area contributed by atoms with Gasteiger partial charge in [0.25, 0.3) is 6.43 Å². The van der Waals surface area contributed by atoms with Gasteiger partial charge in [0.2, 0.25) is 0 Å². The molecule has 0 aliphatic heterocycles. The molecule has 0 fully saturated rings. The second-order valence-corrected chi connectivity index (χ2v) is 3.57. The lowest BCUT2D eigenvalue weighted by Gasteiger charge is -2.13. The molecule has 0 bridgehead atoms. The molecule has 1 aromatic carbocycles. The van der Waals surface area contributed by atoms with Crippen LogP contribution >= 0.6 is 0 Å². The van der Waals surface area contributed by atoms with Crippen LogP contribution in [-0.4, -0.2) is 11.0 Å². The van der Waals surface area contributed by atoms with E-state index in [4.69, 9.17) is 5.73 Å². The van der Waals surface area contributed by atoms with Crippen molar-refractivity contribution in [1.82, 2.24) is 4.57 Å². The Morgan fingerprint density at radius 2 is 2.00 bits per heavy atom. The summed E-state index contributed by atoms with van der Waals surface area (Å²) in [6, 6.07) is 5.95. The van der Waals surface area contributed by atoms with Crippen LogP contribution in [0.1, 0.15) is 11.6 Å². The van der Waals surface area contributed by atoms with Crippen molar-refractivity contribution in [2.45, 2.75) is 12.5 Å². The van der Waals surface area contributed by atoms with E-state index in [0.29, 0.717) is 5.56 Å². The van der Waals surface area contributed by atoms with Crippen molar-refractivity contribution in [2.24, 2.45) is 12.8 Å². The van der Waals surface area contributed by atoms with Gasteiger partial charge in [0, 0.05) is 13.2 Å². The van der Waals surface area contributed by atoms with Crippen LogP contribution in [0.4, 0.5) is 8.78 Å². The smallest absolute Gasteiger partial charge is 0.257 e. The molecule has 80 valence electrons. The van der Waals surface area contributed by atoms with Crippen LogP contribution in [0.15, 0.2) is 30.5 Å². The Balaban J connectivity index is 2.64. The average Bonchev–Trinajstić information content (AvgIpc) is 2.59. The van der Waals surface area contributed by atoms with Crippen molar-refractivity contribution in [3.05, 3.63) is 36.0 Å². The Labute approximate surface area is 86.3 Å². The molecule has 2 N–H and O–H groups in total. The first-order valence-electron chi connectivity index (χ1n) is 4.69. The van der Waals surface area contributed by atoms with Crippen LogP contribution in [0.3, 0.4) is 0 Å². The molecule has 0 saturated heterocycles. The van der Waals surface area contributed by atoms with Gasteiger partial charge in [-0.25, -0.2) is 8.78 Å². The van der Waals surface area contributed by atoms with Gasteiger partial charge in [-0.15, -0.1) is 0 Å². The summed E-state index contributed by atoms with van der Waals surface area (Å²) in [4.78, 5) is 0. The summed E-state index contributed by atoms with van der Waals surface area (Å²) in [5.74, 6) is 0. The summed E-state index contributed by atoms with van der Waals surface area (Å²) in [5.41, 5.74) is 6.75. The molecule has 2 nitrogen and oxygen atoms in total. The van der Waals surface area contributed by atoms with E-state index in [9.17, 15) is 8.78 Å². The predicted molar refractivity (Wildman–Crippen MR) is 55.9 cm³/mol. The number of benzene rings is 1. The van der Waals surface area contributed by atoms with E-state index < -0.39 is 12.5 Å². The molecule has 2 rings (SSSR count). The van der Waals surface area contributed by atoms with E-state index in [1.165, 1.54) is 0 Å². The molecule has 1 aromatic heterocycles. The van der Waals surface area contributed by atoms with Gasteiger partial charge >= 0.3 is 0 Å². The summed E-state index contributed by atoms with van der Waals surface area (Å²) in [7, 11) is 1.82. The second-order valence-electron chi connectivity index (χ2n) is 3.57. The Hall–Kier alpha value is -1.42. The number of halogens is 2. The summed E-state index contributed by atoms with van der Waals surface area (Å²) in [6.07, 6.45) is -0.697. The molecule has 0 spiro atoms. The number of hydrogen-bond donors (Lipinski definition) is 1. The Kier molecular flexibility index (Phi) is 2.44. The van der Waals surface area contributed by atoms with E-state index in [1.807, 2.05) is 29.9 Å². The minimum atomic E-state index is -2.54. The number of alkyl halides is 2. The predicted octanol–water partition coefficient (Wildman–Crippen LogP) is 2.44. The summed E-state index contributed by atoms with van der Waals surface area (Å²) in [5, 5.41) is 0.936. The summed E-state index contributed by atoms with van der Waals surface area (Å²) < 4.78 is 26.9. The van der Waals surface area contributed by atoms with Crippen LogP contribution in [0.5, 0.6) is 0 Å². The lowest BCUT2D eigenvalue weighted by Crippen LogP contribution is -2.19. The minimum absolute atomic E-state index is 0.495. The molecule has 1 heterocycles. The van der Waals surface area contributed by atoms with Gasteiger partial charge in [-0.1, -0.05) is 18.2 Å². The highest BCUT2D eigenvalue weighted by molar-refractivity contribution is 5.83. The highest BCUT2D eigenvalue weighted by Gasteiger charge is 2.20. The van der Waals surface area contributed by atoms with Crippen molar-refractivity contribution in [3.8, 4) is 0 Å². The number of fused-ring (bicyclic) bond motifs is 1. The van der Waals surface area contributed by atoms with Crippen LogP contribution in [0.2, 0.25) is 0 Å². The SMILES string of the molecule is Cn1ccc2cccc(C(N)C(F)F)c21. The van der Waals surface area contributed by atoms with Crippen molar-refractivity contribution in [3.63, 3.8) is 0 Å². The third-order valence-electron chi connectivity index (χ3n) is 2.56. The van der Waals surface area contributed by atoms with Crippen LogP contribution in [0.25, 0.3) is 10.9 Å². The first-order chi connectivity index (χ1) is 7.11. The highest BCUT2D eigenvalue weighted by Crippen LogP contribution is 2.26. The number of aryl methyl sites for hydroxylation is 1. The molecule has 2 aromatic rings. The average molecular weight is 210 g/mol. The monoisotopic (exact) mass is 210 g/mol. The summed E-state index contributed by atoms with van der Waals surface area (Å²) in [6.45, 7) is 0. The van der Waals surface area contributed by atoms with Gasteiger partial charge < -0.3 is 10.3 Å². The molecular formula is C11H12F2N2. The van der Waals surface area contributed by atoms with E-state index in [-0.39, 0.29) is 0 Å². The maximum Gasteiger partial charge on any atom is 0.257 e. The molecule has 0 saturated carbocycles. The van der Waals surface area contributed by atoms with Crippen molar-refractivity contribution < 1.29 is 8.78 Å². The van der Waals surface area contributed by atoms with Crippen molar-refractivity contribution in [1.29, 1.82) is 0 Å². The minimum Gasteiger partial charge on any atom is -0.350 e. The van der Waals surface area contributed by atoms with E-state index >= 15 is 0 Å². The van der Waals surface area contributed by atoms with Crippen LogP contribution in [0, 0.1) is 0 Å². The van der Waals surface area contributed by atoms with Crippen molar-refractivity contribution in [2.75, 3.05) is 0 Å². The highest BCUT2D eigenvalue weighted by atomic mass is 19.3. The Morgan fingerprint density at radius 1 is 1.27 bits per heavy atom. The molecule has 4 heteroatoms. The Bertz CT molecular complexity index is 476. The molecular weight excluding hydrogens is 198 g/mol. The third kappa shape index (κ3) is 1.61. The third-order valence-corrected chi connectivity index (χ3v) is 2.56. The molecule has 1 unspecified atom stereocenters. The number of rotatable bonds is 2. The maximum absolute atomic E-state index is 12.5.